The summed E-state index contributed by atoms with van der Waals surface area (Å²) in [5.41, 5.74) is 0.772. The minimum Gasteiger partial charge on any atom is -0.350 e. The van der Waals surface area contributed by atoms with Gasteiger partial charge in [-0.1, -0.05) is 12.8 Å². The van der Waals surface area contributed by atoms with Crippen LogP contribution in [0.4, 0.5) is 5.82 Å². The fourth-order valence-corrected chi connectivity index (χ4v) is 4.05. The zero-order valence-electron chi connectivity index (χ0n) is 14.3. The third kappa shape index (κ3) is 2.61. The number of hydrogen-bond donors (Lipinski definition) is 1. The van der Waals surface area contributed by atoms with Gasteiger partial charge in [-0.05, 0) is 26.7 Å². The quantitative estimate of drug-likeness (QED) is 0.911. The van der Waals surface area contributed by atoms with Crippen molar-refractivity contribution in [3.8, 4) is 0 Å². The first-order valence-corrected chi connectivity index (χ1v) is 8.86. The smallest absolute Gasteiger partial charge is 0.225 e. The number of fused-ring (bicyclic) bond motifs is 1. The third-order valence-corrected chi connectivity index (χ3v) is 5.32. The van der Waals surface area contributed by atoms with Crippen LogP contribution < -0.4 is 4.90 Å². The standard InChI is InChI=1S/C17H24N6O/c1-11-10-22(17(24)13-5-3-4-6-13)7-8-23(11)16-14-9-18-21-15(14)19-12(2)20-16/h9,11,13H,3-8,10H2,1-2H3,(H,18,19,20,21)/t11-/m0/s1. The van der Waals surface area contributed by atoms with E-state index in [0.29, 0.717) is 5.91 Å². The van der Waals surface area contributed by atoms with E-state index in [1.54, 1.807) is 6.20 Å². The molecule has 24 heavy (non-hydrogen) atoms. The number of hydrogen-bond acceptors (Lipinski definition) is 5. The van der Waals surface area contributed by atoms with Crippen molar-refractivity contribution in [1.82, 2.24) is 25.1 Å². The van der Waals surface area contributed by atoms with Gasteiger partial charge in [-0.2, -0.15) is 5.10 Å². The Hall–Kier alpha value is -2.18. The molecule has 2 aromatic rings. The maximum atomic E-state index is 12.7. The van der Waals surface area contributed by atoms with Crippen LogP contribution in [0.3, 0.4) is 0 Å². The molecule has 0 spiro atoms. The molecule has 0 radical (unpaired) electrons. The average molecular weight is 328 g/mol. The van der Waals surface area contributed by atoms with E-state index < -0.39 is 0 Å². The Balaban J connectivity index is 1.54. The largest absolute Gasteiger partial charge is 0.350 e. The van der Waals surface area contributed by atoms with Gasteiger partial charge in [0.2, 0.25) is 5.91 Å². The van der Waals surface area contributed by atoms with Crippen molar-refractivity contribution in [3.05, 3.63) is 12.0 Å². The van der Waals surface area contributed by atoms with Crippen LogP contribution >= 0.6 is 0 Å². The first kappa shape index (κ1) is 15.4. The van der Waals surface area contributed by atoms with Crippen molar-refractivity contribution in [1.29, 1.82) is 0 Å². The predicted octanol–water partition coefficient (Wildman–Crippen LogP) is 1.89. The predicted molar refractivity (Wildman–Crippen MR) is 91.8 cm³/mol. The molecule has 1 aliphatic heterocycles. The molecule has 1 aliphatic carbocycles. The van der Waals surface area contributed by atoms with Gasteiger partial charge in [0.15, 0.2) is 5.65 Å². The molecule has 2 fully saturated rings. The number of carbonyl (C=O) groups is 1. The minimum absolute atomic E-state index is 0.233. The van der Waals surface area contributed by atoms with Crippen LogP contribution in [0, 0.1) is 12.8 Å². The summed E-state index contributed by atoms with van der Waals surface area (Å²) in [5.74, 6) is 2.27. The summed E-state index contributed by atoms with van der Waals surface area (Å²) in [6.45, 7) is 6.39. The van der Waals surface area contributed by atoms with E-state index in [0.717, 1.165) is 55.2 Å². The van der Waals surface area contributed by atoms with Gasteiger partial charge in [0.1, 0.15) is 11.6 Å². The SMILES string of the molecule is Cc1nc(N2CCN(C(=O)C3CCCC3)C[C@@H]2C)c2cn[nH]c2n1. The van der Waals surface area contributed by atoms with Gasteiger partial charge >= 0.3 is 0 Å². The van der Waals surface area contributed by atoms with E-state index in [4.69, 9.17) is 0 Å². The molecule has 1 saturated carbocycles. The molecule has 0 bridgehead atoms. The summed E-state index contributed by atoms with van der Waals surface area (Å²) in [6.07, 6.45) is 6.31. The minimum atomic E-state index is 0.233. The number of rotatable bonds is 2. The van der Waals surface area contributed by atoms with E-state index in [9.17, 15) is 4.79 Å². The van der Waals surface area contributed by atoms with Crippen molar-refractivity contribution < 1.29 is 4.79 Å². The number of anilines is 1. The Bertz CT molecular complexity index is 751. The monoisotopic (exact) mass is 328 g/mol. The number of carbonyl (C=O) groups excluding carboxylic acids is 1. The van der Waals surface area contributed by atoms with Crippen LogP contribution in [-0.2, 0) is 4.79 Å². The third-order valence-electron chi connectivity index (χ3n) is 5.32. The number of aryl methyl sites for hydroxylation is 1. The molecule has 2 aromatic heterocycles. The van der Waals surface area contributed by atoms with E-state index >= 15 is 0 Å². The molecule has 0 unspecified atom stereocenters. The maximum Gasteiger partial charge on any atom is 0.225 e. The van der Waals surface area contributed by atoms with Crippen LogP contribution in [0.5, 0.6) is 0 Å². The van der Waals surface area contributed by atoms with Gasteiger partial charge in [-0.15, -0.1) is 0 Å². The Morgan fingerprint density at radius 3 is 2.79 bits per heavy atom. The number of amides is 1. The van der Waals surface area contributed by atoms with Crippen molar-refractivity contribution in [2.45, 2.75) is 45.6 Å². The number of aromatic amines is 1. The number of piperazine rings is 1. The van der Waals surface area contributed by atoms with Crippen LogP contribution in [0.15, 0.2) is 6.20 Å². The molecule has 3 heterocycles. The lowest BCUT2D eigenvalue weighted by atomic mass is 10.0. The molecule has 0 aromatic carbocycles. The topological polar surface area (TPSA) is 78.0 Å². The molecule has 4 rings (SSSR count). The molecule has 1 amide bonds. The second-order valence-electron chi connectivity index (χ2n) is 7.03. The summed E-state index contributed by atoms with van der Waals surface area (Å²) < 4.78 is 0. The Morgan fingerprint density at radius 2 is 2.04 bits per heavy atom. The fourth-order valence-electron chi connectivity index (χ4n) is 4.05. The van der Waals surface area contributed by atoms with E-state index in [2.05, 4.69) is 36.9 Å². The number of nitrogens with one attached hydrogen (secondary N) is 1. The molecular weight excluding hydrogens is 304 g/mol. The van der Waals surface area contributed by atoms with E-state index in [1.165, 1.54) is 12.8 Å². The van der Waals surface area contributed by atoms with Gasteiger partial charge in [0, 0.05) is 31.6 Å². The average Bonchev–Trinajstić information content (AvgIpc) is 3.24. The van der Waals surface area contributed by atoms with Crippen molar-refractivity contribution in [3.63, 3.8) is 0 Å². The van der Waals surface area contributed by atoms with Gasteiger partial charge in [0.25, 0.3) is 0 Å². The molecule has 128 valence electrons. The zero-order valence-corrected chi connectivity index (χ0v) is 14.3. The molecular formula is C17H24N6O. The van der Waals surface area contributed by atoms with Gasteiger partial charge < -0.3 is 9.80 Å². The van der Waals surface area contributed by atoms with Gasteiger partial charge in [-0.25, -0.2) is 9.97 Å². The van der Waals surface area contributed by atoms with Crippen LogP contribution in [0.1, 0.15) is 38.4 Å². The summed E-state index contributed by atoms with van der Waals surface area (Å²) in [7, 11) is 0. The second kappa shape index (κ2) is 6.03. The number of aromatic nitrogens is 4. The maximum absolute atomic E-state index is 12.7. The normalized spacial score (nSPS) is 22.5. The highest BCUT2D eigenvalue weighted by Gasteiger charge is 2.33. The van der Waals surface area contributed by atoms with Crippen molar-refractivity contribution in [2.75, 3.05) is 24.5 Å². The van der Waals surface area contributed by atoms with Crippen LogP contribution in [-0.4, -0.2) is 56.6 Å². The van der Waals surface area contributed by atoms with Gasteiger partial charge in [0.05, 0.1) is 11.6 Å². The molecule has 1 atom stereocenters. The molecule has 2 aliphatic rings. The number of nitrogens with zero attached hydrogens (tertiary/aromatic N) is 5. The van der Waals surface area contributed by atoms with Crippen molar-refractivity contribution in [2.24, 2.45) is 5.92 Å². The first-order chi connectivity index (χ1) is 11.6. The summed E-state index contributed by atoms with van der Waals surface area (Å²) >= 11 is 0. The Labute approximate surface area is 141 Å². The van der Waals surface area contributed by atoms with Gasteiger partial charge in [-0.3, -0.25) is 9.89 Å². The summed E-state index contributed by atoms with van der Waals surface area (Å²) in [5, 5.41) is 7.97. The lowest BCUT2D eigenvalue weighted by Gasteiger charge is -2.41. The highest BCUT2D eigenvalue weighted by molar-refractivity contribution is 5.87. The van der Waals surface area contributed by atoms with E-state index in [-0.39, 0.29) is 12.0 Å². The highest BCUT2D eigenvalue weighted by Crippen LogP contribution is 2.29. The Kier molecular flexibility index (Phi) is 3.86. The van der Waals surface area contributed by atoms with E-state index in [1.807, 2.05) is 6.92 Å². The highest BCUT2D eigenvalue weighted by atomic mass is 16.2. The molecule has 7 nitrogen and oxygen atoms in total. The second-order valence-corrected chi connectivity index (χ2v) is 7.03. The summed E-state index contributed by atoms with van der Waals surface area (Å²) in [6, 6.07) is 0.233. The Morgan fingerprint density at radius 1 is 1.25 bits per heavy atom. The summed E-state index contributed by atoms with van der Waals surface area (Å²) in [4.78, 5) is 26.1. The van der Waals surface area contributed by atoms with Crippen LogP contribution in [0.25, 0.3) is 11.0 Å². The molecule has 1 saturated heterocycles. The lowest BCUT2D eigenvalue weighted by molar-refractivity contribution is -0.136. The number of H-pyrrole nitrogens is 1. The first-order valence-electron chi connectivity index (χ1n) is 8.86. The lowest BCUT2D eigenvalue weighted by Crippen LogP contribution is -2.55. The van der Waals surface area contributed by atoms with Crippen LogP contribution in [0.2, 0.25) is 0 Å². The molecule has 7 heteroatoms. The molecule has 1 N–H and O–H groups in total. The fraction of sp³-hybridized carbons (Fsp3) is 0.647. The zero-order chi connectivity index (χ0) is 16.7. The van der Waals surface area contributed by atoms with Crippen molar-refractivity contribution >= 4 is 22.8 Å².